The van der Waals surface area contributed by atoms with Gasteiger partial charge in [-0.05, 0) is 48.6 Å². The molecule has 0 spiro atoms. The lowest BCUT2D eigenvalue weighted by Crippen LogP contribution is -2.53. The van der Waals surface area contributed by atoms with E-state index < -0.39 is 93.6 Å². The van der Waals surface area contributed by atoms with Crippen molar-refractivity contribution in [2.75, 3.05) is 19.1 Å². The van der Waals surface area contributed by atoms with Crippen LogP contribution in [-0.2, 0) is 35.6 Å². The Kier molecular flexibility index (Phi) is 8.92. The van der Waals surface area contributed by atoms with Gasteiger partial charge in [0.05, 0.1) is 47.3 Å². The number of halogens is 5. The number of allylic oxidation sites excluding steroid dienone is 2. The third-order valence-electron chi connectivity index (χ3n) is 10.7. The number of benzene rings is 2. The zero-order chi connectivity index (χ0) is 38.1. The molecule has 4 aliphatic rings. The van der Waals surface area contributed by atoms with Crippen molar-refractivity contribution in [1.82, 2.24) is 14.9 Å². The Hall–Kier alpha value is -5.15. The van der Waals surface area contributed by atoms with Crippen molar-refractivity contribution in [3.63, 3.8) is 0 Å². The lowest BCUT2D eigenvalue weighted by atomic mass is 9.49. The molecule has 3 heterocycles. The number of hydrogen-bond acceptors (Lipinski definition) is 9. The Bertz CT molecular complexity index is 2110. The van der Waals surface area contributed by atoms with Gasteiger partial charge in [0.25, 0.3) is 11.8 Å². The highest BCUT2D eigenvalue weighted by molar-refractivity contribution is 6.33. The predicted molar refractivity (Wildman–Crippen MR) is 181 cm³/mol. The number of nitrogens with zero attached hydrogens (tertiary/aromatic N) is 3. The maximum absolute atomic E-state index is 15.2. The Morgan fingerprint density at radius 2 is 1.75 bits per heavy atom. The number of rotatable bonds is 8. The van der Waals surface area contributed by atoms with E-state index in [0.717, 1.165) is 4.90 Å². The van der Waals surface area contributed by atoms with E-state index in [1.807, 2.05) is 0 Å². The molecule has 3 fully saturated rings. The van der Waals surface area contributed by atoms with E-state index in [-0.39, 0.29) is 30.9 Å². The van der Waals surface area contributed by atoms with E-state index in [4.69, 9.17) is 27.9 Å². The fourth-order valence-electron chi connectivity index (χ4n) is 8.56. The highest BCUT2D eigenvalue weighted by atomic mass is 35.5. The normalized spacial score (nSPS) is 26.6. The van der Waals surface area contributed by atoms with E-state index in [1.54, 1.807) is 18.2 Å². The highest BCUT2D eigenvalue weighted by Gasteiger charge is 2.70. The molecule has 3 aromatic rings. The number of pyridine rings is 1. The maximum atomic E-state index is 15.2. The molecule has 1 aromatic heterocycles. The zero-order valence-electron chi connectivity index (χ0n) is 27.6. The number of likely N-dealkylation sites (tertiary alicyclic amines) is 1. The number of nitrogens with one attached hydrogen (secondary N) is 1. The van der Waals surface area contributed by atoms with E-state index in [9.17, 15) is 42.6 Å². The van der Waals surface area contributed by atoms with Gasteiger partial charge in [0.2, 0.25) is 11.8 Å². The second kappa shape index (κ2) is 13.1. The van der Waals surface area contributed by atoms with Crippen LogP contribution in [0.5, 0.6) is 11.5 Å². The van der Waals surface area contributed by atoms with E-state index in [1.165, 1.54) is 37.4 Å². The molecule has 2 aliphatic heterocycles. The zero-order valence-corrected chi connectivity index (χ0v) is 29.1. The first-order valence-electron chi connectivity index (χ1n) is 16.4. The van der Waals surface area contributed by atoms with E-state index >= 15 is 4.79 Å². The average molecular weight is 774 g/mol. The molecular formula is C36H29Cl2F3N4O8. The number of carboxylic acid groups (broad SMARTS) is 1. The first kappa shape index (κ1) is 36.2. The van der Waals surface area contributed by atoms with Crippen LogP contribution in [0.1, 0.15) is 41.9 Å². The van der Waals surface area contributed by atoms with Crippen LogP contribution in [0.4, 0.5) is 19.0 Å². The lowest BCUT2D eigenvalue weighted by Gasteiger charge is -2.50. The van der Waals surface area contributed by atoms with Crippen molar-refractivity contribution < 1.29 is 52.1 Å². The number of phenols is 1. The van der Waals surface area contributed by atoms with Crippen LogP contribution in [0.15, 0.2) is 66.4 Å². The van der Waals surface area contributed by atoms with Crippen LogP contribution in [0.25, 0.3) is 0 Å². The van der Waals surface area contributed by atoms with Crippen molar-refractivity contribution in [2.24, 2.45) is 23.7 Å². The molecule has 1 saturated carbocycles. The van der Waals surface area contributed by atoms with Crippen LogP contribution in [0.3, 0.4) is 0 Å². The molecule has 0 bridgehead atoms. The number of amides is 4. The Balaban J connectivity index is 1.43. The van der Waals surface area contributed by atoms with Crippen LogP contribution < -0.4 is 10.2 Å². The van der Waals surface area contributed by atoms with Gasteiger partial charge in [-0.3, -0.25) is 34.3 Å². The number of fused-ring (bicyclic) bond motifs is 4. The van der Waals surface area contributed by atoms with Gasteiger partial charge < -0.3 is 14.9 Å². The average Bonchev–Trinajstić information content (AvgIpc) is 3.48. The van der Waals surface area contributed by atoms with Gasteiger partial charge >= 0.3 is 12.1 Å². The molecular weight excluding hydrogens is 744 g/mol. The summed E-state index contributed by atoms with van der Waals surface area (Å²) in [7, 11) is 1.35. The number of phenolic OH excluding ortho intramolecular Hbond substituents is 1. The second-order valence-corrected chi connectivity index (χ2v) is 14.2. The summed E-state index contributed by atoms with van der Waals surface area (Å²) in [6.45, 7) is -0.342. The first-order chi connectivity index (χ1) is 25.1. The van der Waals surface area contributed by atoms with E-state index in [0.29, 0.717) is 39.0 Å². The quantitative estimate of drug-likeness (QED) is 0.194. The molecule has 17 heteroatoms. The number of ether oxygens (including phenoxy) is 1. The molecule has 4 amide bonds. The minimum atomic E-state index is -4.78. The molecule has 12 nitrogen and oxygen atoms in total. The Morgan fingerprint density at radius 1 is 1.04 bits per heavy atom. The highest BCUT2D eigenvalue weighted by Crippen LogP contribution is 2.65. The number of imide groups is 2. The van der Waals surface area contributed by atoms with Crippen molar-refractivity contribution in [3.05, 3.63) is 93.1 Å². The molecule has 2 aromatic carbocycles. The van der Waals surface area contributed by atoms with Gasteiger partial charge in [-0.25, -0.2) is 4.98 Å². The number of hydrazine groups is 1. The summed E-state index contributed by atoms with van der Waals surface area (Å²) in [5, 5.41) is 20.2. The summed E-state index contributed by atoms with van der Waals surface area (Å²) in [5.74, 6) is -9.42. The number of carboxylic acids is 1. The van der Waals surface area contributed by atoms with Crippen LogP contribution in [0, 0.1) is 23.7 Å². The standard InChI is InChI=1S/C36H29Cl2F3N4O8/c1-53-26-13-19(46)6-7-21(26)29-20-8-9-22-28(33(51)44(31(22)49)11-10-27(47)48)23(20)14-24-32(50)45(34(52)35(24,29)16-2-4-18(37)5-3-16)43-30-25(38)12-17(15-42-30)36(39,40)41/h2-8,12-13,15,22-24,28-29,46H,9-11,14H2,1H3,(H,42,43)(H,47,48). The number of aromatic hydroxyl groups is 1. The number of hydrogen-bond donors (Lipinski definition) is 3. The van der Waals surface area contributed by atoms with E-state index in [2.05, 4.69) is 10.4 Å². The predicted octanol–water partition coefficient (Wildman–Crippen LogP) is 5.58. The lowest BCUT2D eigenvalue weighted by molar-refractivity contribution is -0.143. The van der Waals surface area contributed by atoms with Crippen LogP contribution in [-0.4, -0.2) is 68.4 Å². The van der Waals surface area contributed by atoms with Crippen LogP contribution in [0.2, 0.25) is 10.0 Å². The first-order valence-corrected chi connectivity index (χ1v) is 17.1. The number of aromatic nitrogens is 1. The molecule has 276 valence electrons. The second-order valence-electron chi connectivity index (χ2n) is 13.3. The SMILES string of the molecule is COc1cc(O)ccc1C1C2=CCC3C(=O)N(CCC(=O)O)C(=O)C3C2CC2C(=O)N(Nc3ncc(C(F)(F)F)cc3Cl)C(=O)C21c1ccc(Cl)cc1. The molecule has 2 saturated heterocycles. The fourth-order valence-corrected chi connectivity index (χ4v) is 8.89. The van der Waals surface area contributed by atoms with Gasteiger partial charge in [0, 0.05) is 35.3 Å². The third kappa shape index (κ3) is 5.68. The van der Waals surface area contributed by atoms with Gasteiger partial charge in [-0.2, -0.15) is 18.2 Å². The summed E-state index contributed by atoms with van der Waals surface area (Å²) in [6, 6.07) is 11.1. The fraction of sp³-hybridized carbons (Fsp3) is 0.333. The summed E-state index contributed by atoms with van der Waals surface area (Å²) >= 11 is 12.5. The maximum Gasteiger partial charge on any atom is 0.417 e. The summed E-state index contributed by atoms with van der Waals surface area (Å²) in [6.07, 6.45) is -3.03. The van der Waals surface area contributed by atoms with Gasteiger partial charge in [-0.1, -0.05) is 53.1 Å². The molecule has 6 unspecified atom stereocenters. The summed E-state index contributed by atoms with van der Waals surface area (Å²) in [4.78, 5) is 73.6. The smallest absolute Gasteiger partial charge is 0.417 e. The molecule has 0 radical (unpaired) electrons. The number of anilines is 1. The van der Waals surface area contributed by atoms with Crippen molar-refractivity contribution in [2.45, 2.75) is 36.8 Å². The molecule has 7 rings (SSSR count). The monoisotopic (exact) mass is 772 g/mol. The number of methoxy groups -OCH3 is 1. The van der Waals surface area contributed by atoms with Gasteiger partial charge in [0.15, 0.2) is 5.82 Å². The molecule has 53 heavy (non-hydrogen) atoms. The largest absolute Gasteiger partial charge is 0.508 e. The molecule has 2 aliphatic carbocycles. The topological polar surface area (TPSA) is 166 Å². The Labute approximate surface area is 309 Å². The summed E-state index contributed by atoms with van der Waals surface area (Å²) < 4.78 is 46.0. The Morgan fingerprint density at radius 3 is 2.40 bits per heavy atom. The minimum Gasteiger partial charge on any atom is -0.508 e. The minimum absolute atomic E-state index is 0.0676. The van der Waals surface area contributed by atoms with Gasteiger partial charge in [0.1, 0.15) is 11.5 Å². The van der Waals surface area contributed by atoms with Crippen molar-refractivity contribution in [3.8, 4) is 11.5 Å². The van der Waals surface area contributed by atoms with Crippen molar-refractivity contribution in [1.29, 1.82) is 0 Å². The number of carbonyl (C=O) groups excluding carboxylic acids is 4. The number of alkyl halides is 3. The third-order valence-corrected chi connectivity index (χ3v) is 11.3. The van der Waals surface area contributed by atoms with Crippen LogP contribution >= 0.6 is 23.2 Å². The number of aliphatic carboxylic acids is 1. The van der Waals surface area contributed by atoms with Gasteiger partial charge in [-0.15, -0.1) is 0 Å². The molecule has 6 atom stereocenters. The van der Waals surface area contributed by atoms with Crippen molar-refractivity contribution >= 4 is 58.6 Å². The number of carbonyl (C=O) groups is 5. The summed E-state index contributed by atoms with van der Waals surface area (Å²) in [5.41, 5.74) is 0.811. The molecule has 3 N–H and O–H groups in total.